The fourth-order valence-corrected chi connectivity index (χ4v) is 8.33. The maximum absolute atomic E-state index is 4.35. The minimum absolute atomic E-state index is 0. The van der Waals surface area contributed by atoms with Gasteiger partial charge in [-0.25, -0.2) is 0 Å². The molecule has 6 aliphatic rings. The van der Waals surface area contributed by atoms with Gasteiger partial charge in [0.15, 0.2) is 0 Å². The van der Waals surface area contributed by atoms with Crippen LogP contribution in [0.3, 0.4) is 0 Å². The summed E-state index contributed by atoms with van der Waals surface area (Å²) in [7, 11) is 0. The maximum Gasteiger partial charge on any atom is 0.122 e. The largest absolute Gasteiger partial charge is 0.275 e. The van der Waals surface area contributed by atoms with Crippen LogP contribution in [0.15, 0.2) is 30.0 Å². The van der Waals surface area contributed by atoms with Gasteiger partial charge in [-0.05, 0) is 0 Å². The summed E-state index contributed by atoms with van der Waals surface area (Å²) < 4.78 is 0. The summed E-state index contributed by atoms with van der Waals surface area (Å²) in [5, 5.41) is 7.10. The summed E-state index contributed by atoms with van der Waals surface area (Å²) in [5.41, 5.74) is 0. The van der Waals surface area contributed by atoms with Gasteiger partial charge in [-0.1, -0.05) is 0 Å². The van der Waals surface area contributed by atoms with Crippen LogP contribution in [0.5, 0.6) is 0 Å². The summed E-state index contributed by atoms with van der Waals surface area (Å²) in [6.45, 7) is 5.91. The van der Waals surface area contributed by atoms with Crippen LogP contribution in [0, 0.1) is 0 Å². The van der Waals surface area contributed by atoms with E-state index in [2.05, 4.69) is 30.0 Å². The molecule has 0 atom stereocenters. The van der Waals surface area contributed by atoms with E-state index < -0.39 is 0 Å². The molecular formula is C18H24N6NiS6. The number of thioether (sulfide) groups is 6. The molecule has 13 heteroatoms. The van der Waals surface area contributed by atoms with E-state index in [0.29, 0.717) is 0 Å². The first-order chi connectivity index (χ1) is 14.9. The molecule has 0 spiro atoms. The Kier molecular flexibility index (Phi) is 12.5. The molecule has 6 nitrogen and oxygen atoms in total. The van der Waals surface area contributed by atoms with Crippen LogP contribution in [0.2, 0.25) is 0 Å². The molecule has 0 aromatic carbocycles. The van der Waals surface area contributed by atoms with Crippen LogP contribution in [0.4, 0.5) is 0 Å². The van der Waals surface area contributed by atoms with Crippen molar-refractivity contribution in [2.24, 2.45) is 30.0 Å². The molecule has 0 fully saturated rings. The molecule has 0 saturated carbocycles. The zero-order chi connectivity index (χ0) is 20.4. The average molecular weight is 576 g/mol. The van der Waals surface area contributed by atoms with Crippen molar-refractivity contribution in [2.75, 3.05) is 73.8 Å². The maximum atomic E-state index is 4.35. The number of hydrogen-bond donors (Lipinski definition) is 0. The van der Waals surface area contributed by atoms with Gasteiger partial charge >= 0.3 is 0 Å². The second kappa shape index (κ2) is 14.8. The smallest absolute Gasteiger partial charge is 0.122 e. The molecule has 0 aromatic heterocycles. The van der Waals surface area contributed by atoms with E-state index in [-0.39, 0.29) is 16.5 Å². The number of rotatable bonds is 3. The zero-order valence-electron chi connectivity index (χ0n) is 16.9. The molecule has 172 valence electrons. The van der Waals surface area contributed by atoms with E-state index in [1.807, 2.05) is 70.6 Å². The van der Waals surface area contributed by atoms with Gasteiger partial charge in [0.2, 0.25) is 0 Å². The molecule has 31 heavy (non-hydrogen) atoms. The quantitative estimate of drug-likeness (QED) is 0.477. The van der Waals surface area contributed by atoms with E-state index >= 15 is 0 Å². The van der Waals surface area contributed by atoms with Gasteiger partial charge in [-0.2, -0.15) is 0 Å². The number of nitrogens with zero attached hydrogens (tertiary/aromatic N) is 6. The first kappa shape index (κ1) is 26.2. The van der Waals surface area contributed by atoms with Crippen LogP contribution >= 0.6 is 70.6 Å². The Morgan fingerprint density at radius 1 is 0.323 bits per heavy atom. The van der Waals surface area contributed by atoms with Crippen molar-refractivity contribution in [3.05, 3.63) is 0 Å². The summed E-state index contributed by atoms with van der Waals surface area (Å²) >= 11 is 11.0. The molecular weight excluding hydrogens is 551 g/mol. The molecule has 0 aromatic rings. The topological polar surface area (TPSA) is 74.2 Å². The Morgan fingerprint density at radius 3 is 0.581 bits per heavy atom. The van der Waals surface area contributed by atoms with Gasteiger partial charge in [0, 0.05) is 90.3 Å². The third kappa shape index (κ3) is 8.40. The van der Waals surface area contributed by atoms with Crippen molar-refractivity contribution in [1.82, 2.24) is 0 Å². The summed E-state index contributed by atoms with van der Waals surface area (Å²) in [4.78, 5) is 26.1. The number of aliphatic imine (C=N–C) groups is 6. The van der Waals surface area contributed by atoms with Crippen molar-refractivity contribution in [3.63, 3.8) is 0 Å². The fourth-order valence-electron chi connectivity index (χ4n) is 2.79. The molecule has 6 heterocycles. The van der Waals surface area contributed by atoms with E-state index in [0.717, 1.165) is 73.8 Å². The number of hydrogen-bond acceptors (Lipinski definition) is 12. The molecule has 0 radical (unpaired) electrons. The van der Waals surface area contributed by atoms with Crippen molar-refractivity contribution in [3.8, 4) is 0 Å². The molecule has 0 aliphatic carbocycles. The Labute approximate surface area is 219 Å². The Bertz CT molecular complexity index is 639. The fraction of sp³-hybridized carbons (Fsp3) is 0.667. The second-order valence-electron chi connectivity index (χ2n) is 6.21. The van der Waals surface area contributed by atoms with E-state index in [1.54, 1.807) is 0 Å². The first-order valence-electron chi connectivity index (χ1n) is 9.95. The van der Waals surface area contributed by atoms with Crippen molar-refractivity contribution >= 4 is 101 Å². The average Bonchev–Trinajstić information content (AvgIpc) is 3.66. The normalized spacial score (nSPS) is 24.0. The molecule has 0 bridgehead atoms. The van der Waals surface area contributed by atoms with Crippen molar-refractivity contribution in [2.45, 2.75) is 0 Å². The molecule has 0 amide bonds. The van der Waals surface area contributed by atoms with E-state index in [9.17, 15) is 0 Å². The summed E-state index contributed by atoms with van der Waals surface area (Å²) in [6.07, 6.45) is 0. The molecule has 0 N–H and O–H groups in total. The Balaban J connectivity index is 0.000000130. The third-order valence-corrected chi connectivity index (χ3v) is 10.3. The zero-order valence-corrected chi connectivity index (χ0v) is 22.8. The minimum Gasteiger partial charge on any atom is -0.275 e. The van der Waals surface area contributed by atoms with Crippen LogP contribution < -0.4 is 0 Å². The van der Waals surface area contributed by atoms with Gasteiger partial charge in [-0.3, -0.25) is 30.0 Å². The van der Waals surface area contributed by atoms with Gasteiger partial charge < -0.3 is 0 Å². The van der Waals surface area contributed by atoms with Gasteiger partial charge in [-0.15, -0.1) is 70.6 Å². The molecule has 6 aliphatic heterocycles. The molecule has 0 unspecified atom stereocenters. The van der Waals surface area contributed by atoms with Gasteiger partial charge in [0.05, 0.1) is 0 Å². The second-order valence-corrected chi connectivity index (χ2v) is 12.7. The predicted molar refractivity (Wildman–Crippen MR) is 149 cm³/mol. The predicted octanol–water partition coefficient (Wildman–Crippen LogP) is 3.83. The Morgan fingerprint density at radius 2 is 0.484 bits per heavy atom. The van der Waals surface area contributed by atoms with Crippen molar-refractivity contribution in [1.29, 1.82) is 0 Å². The van der Waals surface area contributed by atoms with E-state index in [1.165, 1.54) is 30.3 Å². The van der Waals surface area contributed by atoms with E-state index in [4.69, 9.17) is 0 Å². The first-order valence-corrected chi connectivity index (χ1v) is 15.9. The minimum atomic E-state index is 0. The van der Waals surface area contributed by atoms with Gasteiger partial charge in [0.25, 0.3) is 0 Å². The molecule has 6 rings (SSSR count). The van der Waals surface area contributed by atoms with Crippen LogP contribution in [-0.4, -0.2) is 104 Å². The monoisotopic (exact) mass is 574 g/mol. The third-order valence-electron chi connectivity index (χ3n) is 4.06. The summed E-state index contributed by atoms with van der Waals surface area (Å²) in [6, 6.07) is 0. The summed E-state index contributed by atoms with van der Waals surface area (Å²) in [5.74, 6) is 6.89. The molecule has 0 saturated heterocycles. The Hall–Kier alpha value is 0.614. The standard InChI is InChI=1S/3C6H8N2S2.Ni/c3*1-3-9-5(7-1)6-8-2-4-10-6;/h3*1-4H2;. The van der Waals surface area contributed by atoms with Crippen LogP contribution in [0.1, 0.15) is 0 Å². The van der Waals surface area contributed by atoms with Crippen LogP contribution in [-0.2, 0) is 16.5 Å². The SMILES string of the molecule is C1CSC(C2=NCCS2)=N1.C1CSC(C2=NCCS2)=N1.C1CSC(C2=NCCS2)=N1.[Ni]. The van der Waals surface area contributed by atoms with Crippen LogP contribution in [0.25, 0.3) is 0 Å². The van der Waals surface area contributed by atoms with Crippen molar-refractivity contribution < 1.29 is 16.5 Å². The van der Waals surface area contributed by atoms with Gasteiger partial charge in [0.1, 0.15) is 30.3 Å².